The molecule has 2 aromatic heterocycles. The number of hydrogen-bond donors (Lipinski definition) is 0. The number of hydrogen-bond acceptors (Lipinski definition) is 6. The number of anilines is 1. The van der Waals surface area contributed by atoms with Gasteiger partial charge < -0.3 is 18.9 Å². The van der Waals surface area contributed by atoms with Crippen molar-refractivity contribution in [2.45, 2.75) is 12.6 Å². The van der Waals surface area contributed by atoms with Gasteiger partial charge in [0.2, 0.25) is 5.95 Å². The van der Waals surface area contributed by atoms with E-state index in [2.05, 4.69) is 9.88 Å². The number of aryl methyl sites for hydroxylation is 1. The molecule has 0 unspecified atom stereocenters. The predicted octanol–water partition coefficient (Wildman–Crippen LogP) is -1.33. The molecule has 0 radical (unpaired) electrons. The lowest BCUT2D eigenvalue weighted by Crippen LogP contribution is -2.39. The first-order valence-corrected chi connectivity index (χ1v) is 7.68. The van der Waals surface area contributed by atoms with Crippen LogP contribution in [0.5, 0.6) is 0 Å². The Morgan fingerprint density at radius 3 is 2.52 bits per heavy atom. The van der Waals surface area contributed by atoms with E-state index in [4.69, 9.17) is 9.47 Å². The molecule has 0 spiro atoms. The number of imidazole rings is 1. The number of ether oxygens (including phenoxy) is 2. The topological polar surface area (TPSA) is 86.8 Å². The third kappa shape index (κ3) is 2.27. The Morgan fingerprint density at radius 2 is 1.87 bits per heavy atom. The van der Waals surface area contributed by atoms with E-state index in [-0.39, 0.29) is 17.4 Å². The second kappa shape index (κ2) is 5.20. The summed E-state index contributed by atoms with van der Waals surface area (Å²) in [6.45, 7) is 3.93. The van der Waals surface area contributed by atoms with Gasteiger partial charge in [-0.3, -0.25) is 13.9 Å². The molecule has 2 aliphatic rings. The Bertz CT molecular complexity index is 870. The van der Waals surface area contributed by atoms with Crippen LogP contribution in [0.4, 0.5) is 5.95 Å². The lowest BCUT2D eigenvalue weighted by molar-refractivity contribution is 0.121. The van der Waals surface area contributed by atoms with Gasteiger partial charge in [-0.1, -0.05) is 0 Å². The van der Waals surface area contributed by atoms with Crippen LogP contribution in [-0.2, 0) is 30.1 Å². The normalized spacial score (nSPS) is 21.1. The maximum Gasteiger partial charge on any atom is 0.332 e. The average molecular weight is 321 g/mol. The summed E-state index contributed by atoms with van der Waals surface area (Å²) in [5.74, 6) is 0.706. The molecule has 1 atom stereocenters. The monoisotopic (exact) mass is 321 g/mol. The number of morpholine rings is 1. The molecule has 124 valence electrons. The van der Waals surface area contributed by atoms with E-state index in [0.717, 1.165) is 4.57 Å². The highest BCUT2D eigenvalue weighted by molar-refractivity contribution is 5.74. The minimum atomic E-state index is -0.372. The van der Waals surface area contributed by atoms with Gasteiger partial charge in [0, 0.05) is 27.2 Å². The van der Waals surface area contributed by atoms with E-state index in [0.29, 0.717) is 56.6 Å². The first-order chi connectivity index (χ1) is 11.1. The Kier molecular flexibility index (Phi) is 3.27. The largest absolute Gasteiger partial charge is 0.378 e. The zero-order valence-electron chi connectivity index (χ0n) is 13.2. The van der Waals surface area contributed by atoms with Crippen LogP contribution in [0.15, 0.2) is 9.59 Å². The van der Waals surface area contributed by atoms with E-state index in [1.54, 1.807) is 7.05 Å². The fourth-order valence-electron chi connectivity index (χ4n) is 2.99. The number of nitrogens with zero attached hydrogens (tertiary/aromatic N) is 5. The van der Waals surface area contributed by atoms with Gasteiger partial charge >= 0.3 is 5.69 Å². The van der Waals surface area contributed by atoms with Gasteiger partial charge in [0.05, 0.1) is 32.5 Å². The van der Waals surface area contributed by atoms with Crippen molar-refractivity contribution in [1.82, 2.24) is 18.7 Å². The summed E-state index contributed by atoms with van der Waals surface area (Å²) in [5.41, 5.74) is 0.172. The first kappa shape index (κ1) is 14.5. The molecule has 0 amide bonds. The van der Waals surface area contributed by atoms with E-state index < -0.39 is 0 Å². The van der Waals surface area contributed by atoms with Crippen molar-refractivity contribution < 1.29 is 9.47 Å². The third-order valence-electron chi connectivity index (χ3n) is 4.41. The highest BCUT2D eigenvalue weighted by atomic mass is 16.6. The smallest absolute Gasteiger partial charge is 0.332 e. The second-order valence-corrected chi connectivity index (χ2v) is 5.96. The summed E-state index contributed by atoms with van der Waals surface area (Å²) in [5, 5.41) is 0. The highest BCUT2D eigenvalue weighted by Crippen LogP contribution is 2.24. The van der Waals surface area contributed by atoms with Crippen LogP contribution in [0.1, 0.15) is 0 Å². The molecular formula is C14H19N5O4. The van der Waals surface area contributed by atoms with E-state index in [1.165, 1.54) is 11.6 Å². The number of aromatic nitrogens is 4. The fraction of sp³-hybridized carbons (Fsp3) is 0.643. The van der Waals surface area contributed by atoms with Gasteiger partial charge in [0.15, 0.2) is 11.2 Å². The second-order valence-electron chi connectivity index (χ2n) is 5.96. The van der Waals surface area contributed by atoms with Crippen LogP contribution in [0.25, 0.3) is 11.2 Å². The van der Waals surface area contributed by atoms with Gasteiger partial charge in [-0.15, -0.1) is 0 Å². The molecular weight excluding hydrogens is 302 g/mol. The van der Waals surface area contributed by atoms with Crippen molar-refractivity contribution in [1.29, 1.82) is 0 Å². The average Bonchev–Trinajstić information content (AvgIpc) is 3.31. The van der Waals surface area contributed by atoms with Gasteiger partial charge in [0.25, 0.3) is 5.56 Å². The van der Waals surface area contributed by atoms with Crippen LogP contribution < -0.4 is 16.1 Å². The number of epoxide rings is 1. The third-order valence-corrected chi connectivity index (χ3v) is 4.41. The summed E-state index contributed by atoms with van der Waals surface area (Å²) in [7, 11) is 3.13. The van der Waals surface area contributed by atoms with Crippen LogP contribution in [0, 0.1) is 0 Å². The predicted molar refractivity (Wildman–Crippen MR) is 83.0 cm³/mol. The van der Waals surface area contributed by atoms with Crippen molar-refractivity contribution in [3.8, 4) is 0 Å². The molecule has 2 fully saturated rings. The van der Waals surface area contributed by atoms with E-state index in [9.17, 15) is 9.59 Å². The summed E-state index contributed by atoms with van der Waals surface area (Å²) in [4.78, 5) is 31.5. The van der Waals surface area contributed by atoms with Crippen LogP contribution >= 0.6 is 0 Å². The van der Waals surface area contributed by atoms with Crippen LogP contribution in [0.2, 0.25) is 0 Å². The molecule has 0 aromatic carbocycles. The van der Waals surface area contributed by atoms with Crippen molar-refractivity contribution in [3.05, 3.63) is 20.8 Å². The van der Waals surface area contributed by atoms with Crippen LogP contribution in [0.3, 0.4) is 0 Å². The SMILES string of the molecule is Cn1c(=O)c2c(nc(N3CCOCC3)n2C[C@H]2CO2)n(C)c1=O. The Morgan fingerprint density at radius 1 is 1.17 bits per heavy atom. The van der Waals surface area contributed by atoms with E-state index in [1.807, 2.05) is 4.57 Å². The Hall–Kier alpha value is -2.13. The summed E-state index contributed by atoms with van der Waals surface area (Å²) >= 11 is 0. The molecule has 0 bridgehead atoms. The van der Waals surface area contributed by atoms with Crippen molar-refractivity contribution in [3.63, 3.8) is 0 Å². The fourth-order valence-corrected chi connectivity index (χ4v) is 2.99. The molecule has 2 saturated heterocycles. The highest BCUT2D eigenvalue weighted by Gasteiger charge is 2.29. The summed E-state index contributed by atoms with van der Waals surface area (Å²) in [6, 6.07) is 0. The lowest BCUT2D eigenvalue weighted by Gasteiger charge is -2.28. The molecule has 9 heteroatoms. The maximum absolute atomic E-state index is 12.6. The molecule has 4 heterocycles. The standard InChI is InChI=1S/C14H19N5O4/c1-16-11-10(12(20)17(2)14(16)21)19(7-9-8-23-9)13(15-11)18-3-5-22-6-4-18/h9H,3-8H2,1-2H3/t9-/m0/s1. The molecule has 0 aliphatic carbocycles. The molecule has 0 saturated carbocycles. The Balaban J connectivity index is 1.97. The van der Waals surface area contributed by atoms with Gasteiger partial charge in [-0.05, 0) is 0 Å². The zero-order valence-corrected chi connectivity index (χ0v) is 13.2. The molecule has 0 N–H and O–H groups in total. The Labute approximate surface area is 131 Å². The minimum Gasteiger partial charge on any atom is -0.378 e. The lowest BCUT2D eigenvalue weighted by atomic mass is 10.4. The number of fused-ring (bicyclic) bond motifs is 1. The van der Waals surface area contributed by atoms with Crippen LogP contribution in [-0.4, -0.2) is 57.7 Å². The van der Waals surface area contributed by atoms with Gasteiger partial charge in [-0.25, -0.2) is 4.79 Å². The molecule has 2 aliphatic heterocycles. The quantitative estimate of drug-likeness (QED) is 0.651. The van der Waals surface area contributed by atoms with Gasteiger partial charge in [-0.2, -0.15) is 4.98 Å². The van der Waals surface area contributed by atoms with Crippen molar-refractivity contribution >= 4 is 17.1 Å². The van der Waals surface area contributed by atoms with Crippen molar-refractivity contribution in [2.24, 2.45) is 14.1 Å². The molecule has 2 aromatic rings. The minimum absolute atomic E-state index is 0.106. The first-order valence-electron chi connectivity index (χ1n) is 7.68. The molecule has 23 heavy (non-hydrogen) atoms. The van der Waals surface area contributed by atoms with E-state index >= 15 is 0 Å². The zero-order chi connectivity index (χ0) is 16.1. The van der Waals surface area contributed by atoms with Gasteiger partial charge in [0.1, 0.15) is 0 Å². The van der Waals surface area contributed by atoms with Crippen molar-refractivity contribution in [2.75, 3.05) is 37.8 Å². The summed E-state index contributed by atoms with van der Waals surface area (Å²) < 4.78 is 15.2. The number of rotatable bonds is 3. The molecule has 4 rings (SSSR count). The molecule has 9 nitrogen and oxygen atoms in total. The maximum atomic E-state index is 12.6. The summed E-state index contributed by atoms with van der Waals surface area (Å²) in [6.07, 6.45) is 0.106.